The number of aliphatic hydroxyl groups excluding tert-OH is 1. The number of rotatable bonds is 9. The molecule has 1 saturated carbocycles. The first-order chi connectivity index (χ1) is 21.5. The Kier molecular flexibility index (Phi) is 13.9. The second-order valence-electron chi connectivity index (χ2n) is 12.3. The van der Waals surface area contributed by atoms with E-state index in [4.69, 9.17) is 0 Å². The predicted molar refractivity (Wildman–Crippen MR) is 171 cm³/mol. The molecule has 0 unspecified atom stereocenters. The van der Waals surface area contributed by atoms with Gasteiger partial charge in [-0.1, -0.05) is 72.6 Å². The molecule has 0 spiro atoms. The topological polar surface area (TPSA) is 50.2 Å². The van der Waals surface area contributed by atoms with Gasteiger partial charge in [0.15, 0.2) is 5.78 Å². The van der Waals surface area contributed by atoms with Crippen molar-refractivity contribution >= 4 is 16.6 Å². The molecule has 1 aliphatic carbocycles. The van der Waals surface area contributed by atoms with E-state index in [1.54, 1.807) is 0 Å². The summed E-state index contributed by atoms with van der Waals surface area (Å²) in [6.45, 7) is 8.81. The van der Waals surface area contributed by atoms with Gasteiger partial charge >= 0.3 is 12.4 Å². The van der Waals surface area contributed by atoms with Gasteiger partial charge in [-0.15, -0.1) is 34.9 Å². The molecule has 1 N–H and O–H groups in total. The fourth-order valence-electron chi connectivity index (χ4n) is 6.64. The van der Waals surface area contributed by atoms with E-state index in [-0.39, 0.29) is 26.2 Å². The van der Waals surface area contributed by atoms with Crippen molar-refractivity contribution in [2.24, 2.45) is 10.8 Å². The smallest absolute Gasteiger partial charge is 0.401 e. The molecule has 1 fully saturated rings. The summed E-state index contributed by atoms with van der Waals surface area (Å²) in [5, 5.41) is 12.4. The molecule has 10 heteroatoms. The van der Waals surface area contributed by atoms with Gasteiger partial charge in [-0.25, -0.2) is 0 Å². The van der Waals surface area contributed by atoms with Crippen LogP contribution in [0.15, 0.2) is 54.4 Å². The van der Waals surface area contributed by atoms with Crippen LogP contribution >= 0.6 is 0 Å². The van der Waals surface area contributed by atoms with Crippen molar-refractivity contribution in [3.05, 3.63) is 77.2 Å². The maximum absolute atomic E-state index is 13.2. The first kappa shape index (κ1) is 40.5. The Morgan fingerprint density at radius 3 is 1.91 bits per heavy atom. The van der Waals surface area contributed by atoms with E-state index in [0.717, 1.165) is 44.9 Å². The van der Waals surface area contributed by atoms with Gasteiger partial charge in [-0.3, -0.25) is 4.79 Å². The van der Waals surface area contributed by atoms with E-state index in [9.17, 15) is 36.2 Å². The first-order valence-electron chi connectivity index (χ1n) is 16.0. The number of fused-ring (bicyclic) bond motifs is 1. The summed E-state index contributed by atoms with van der Waals surface area (Å²) in [6.07, 6.45) is -4.71. The number of nitrogens with zero attached hydrogens (tertiary/aromatic N) is 1. The second kappa shape index (κ2) is 16.1. The third-order valence-corrected chi connectivity index (χ3v) is 9.75. The second-order valence-corrected chi connectivity index (χ2v) is 12.3. The molecule has 3 nitrogen and oxygen atoms in total. The number of hydrogen-bond acceptors (Lipinski definition) is 3. The average molecular weight is 841 g/mol. The number of aryl methyl sites for hydroxylation is 2. The van der Waals surface area contributed by atoms with Gasteiger partial charge in [0.25, 0.3) is 0 Å². The van der Waals surface area contributed by atoms with E-state index in [1.165, 1.54) is 53.1 Å². The number of carbonyl (C=O) groups excluding carboxylic acids is 1. The number of hydrogen-bond donors (Lipinski definition) is 1. The number of carbonyl (C=O) groups is 1. The van der Waals surface area contributed by atoms with Gasteiger partial charge in [0.05, 0.1) is 0 Å². The minimum atomic E-state index is -4.91. The molecule has 0 saturated heterocycles. The molecule has 261 valence electrons. The standard InChI is InChI=1S/C22H22N.C15H22F6O2.Ir/c1-15-11-16(2)13-20(12-15)22-21-8-7-18(17-5-3-4-6-17)14-19(21)9-10-23-22;1-5-12(6-2,14(16,17)18)10(22)9-11(23)13(7-3,8-4)15(19,20)21;/h7-12,14,17H,3-6H2,1-2H3;9,22H,5-8H2,1-4H3;/q-1;;/b;10-9-;. The number of aromatic nitrogens is 1. The van der Waals surface area contributed by atoms with E-state index in [1.807, 2.05) is 6.20 Å². The van der Waals surface area contributed by atoms with Crippen LogP contribution in [0.5, 0.6) is 0 Å². The minimum Gasteiger partial charge on any atom is -0.511 e. The van der Waals surface area contributed by atoms with Crippen LogP contribution in [0.25, 0.3) is 22.0 Å². The van der Waals surface area contributed by atoms with Crippen LogP contribution in [0.2, 0.25) is 0 Å². The Hall–Kier alpha value is -2.71. The zero-order valence-electron chi connectivity index (χ0n) is 27.8. The quantitative estimate of drug-likeness (QED) is 0.101. The summed E-state index contributed by atoms with van der Waals surface area (Å²) >= 11 is 0. The number of allylic oxidation sites excluding steroid dienone is 2. The van der Waals surface area contributed by atoms with Gasteiger partial charge < -0.3 is 10.1 Å². The van der Waals surface area contributed by atoms with Gasteiger partial charge in [0.2, 0.25) is 0 Å². The van der Waals surface area contributed by atoms with Crippen LogP contribution in [-0.2, 0) is 24.9 Å². The molecule has 47 heavy (non-hydrogen) atoms. The van der Waals surface area contributed by atoms with E-state index in [0.29, 0.717) is 0 Å². The molecule has 0 aliphatic heterocycles. The van der Waals surface area contributed by atoms with Gasteiger partial charge in [-0.05, 0) is 72.5 Å². The van der Waals surface area contributed by atoms with E-state index in [2.05, 4.69) is 61.3 Å². The first-order valence-corrected chi connectivity index (χ1v) is 16.0. The summed E-state index contributed by atoms with van der Waals surface area (Å²) in [6, 6.07) is 16.9. The summed E-state index contributed by atoms with van der Waals surface area (Å²) in [4.78, 5) is 16.7. The molecule has 4 rings (SSSR count). The number of aliphatic hydroxyl groups is 1. The third-order valence-electron chi connectivity index (χ3n) is 9.75. The molecule has 3 aromatic rings. The zero-order chi connectivity index (χ0) is 34.5. The van der Waals surface area contributed by atoms with Crippen molar-refractivity contribution in [2.75, 3.05) is 0 Å². The van der Waals surface area contributed by atoms with Crippen molar-refractivity contribution in [3.8, 4) is 11.3 Å². The minimum absolute atomic E-state index is 0. The van der Waals surface area contributed by atoms with Gasteiger partial charge in [0, 0.05) is 32.4 Å². The molecule has 1 aliphatic rings. The molecule has 2 aromatic carbocycles. The monoisotopic (exact) mass is 841 g/mol. The predicted octanol–water partition coefficient (Wildman–Crippen LogP) is 11.7. The molecular formula is C37H44F6IrNO2-. The molecule has 1 heterocycles. The molecule has 1 aromatic heterocycles. The number of halogens is 6. The molecular weight excluding hydrogens is 797 g/mol. The van der Waals surface area contributed by atoms with Gasteiger partial charge in [0.1, 0.15) is 16.6 Å². The summed E-state index contributed by atoms with van der Waals surface area (Å²) in [5.74, 6) is -2.16. The number of ketones is 1. The van der Waals surface area contributed by atoms with Crippen LogP contribution in [0.3, 0.4) is 0 Å². The normalized spacial score (nSPS) is 14.9. The van der Waals surface area contributed by atoms with Crippen LogP contribution in [0.4, 0.5) is 26.3 Å². The Bertz CT molecular complexity index is 1510. The SMILES string of the molecule is CCC(CC)(C(=O)/C=C(\O)C(CC)(CC)C(F)(F)F)C(F)(F)F.Cc1[c-]c(-c2nccc3cc(C4CCCC4)ccc23)cc(C)c1.[Ir]. The van der Waals surface area contributed by atoms with Crippen molar-refractivity contribution < 1.29 is 56.3 Å². The van der Waals surface area contributed by atoms with Crippen molar-refractivity contribution in [1.82, 2.24) is 4.98 Å². The number of alkyl halides is 6. The molecule has 1 radical (unpaired) electrons. The Morgan fingerprint density at radius 1 is 0.872 bits per heavy atom. The fourth-order valence-corrected chi connectivity index (χ4v) is 6.64. The summed E-state index contributed by atoms with van der Waals surface area (Å²) in [5.41, 5.74) is 0.561. The fraction of sp³-hybridized carbons (Fsp3) is 0.514. The van der Waals surface area contributed by atoms with Crippen LogP contribution in [-0.4, -0.2) is 28.2 Å². The maximum atomic E-state index is 13.2. The number of pyridine rings is 1. The largest absolute Gasteiger partial charge is 0.511 e. The van der Waals surface area contributed by atoms with Gasteiger partial charge in [-0.2, -0.15) is 26.3 Å². The van der Waals surface area contributed by atoms with Crippen molar-refractivity contribution in [2.45, 2.75) is 111 Å². The maximum Gasteiger partial charge on any atom is 0.401 e. The van der Waals surface area contributed by atoms with Crippen LogP contribution < -0.4 is 0 Å². The zero-order valence-corrected chi connectivity index (χ0v) is 30.2. The van der Waals surface area contributed by atoms with E-state index >= 15 is 0 Å². The van der Waals surface area contributed by atoms with Crippen molar-refractivity contribution in [3.63, 3.8) is 0 Å². The molecule has 0 bridgehead atoms. The summed E-state index contributed by atoms with van der Waals surface area (Å²) < 4.78 is 79.4. The molecule has 0 amide bonds. The van der Waals surface area contributed by atoms with Crippen LogP contribution in [0.1, 0.15) is 102 Å². The third kappa shape index (κ3) is 8.48. The summed E-state index contributed by atoms with van der Waals surface area (Å²) in [7, 11) is 0. The Morgan fingerprint density at radius 2 is 1.43 bits per heavy atom. The van der Waals surface area contributed by atoms with Crippen LogP contribution in [0, 0.1) is 30.7 Å². The average Bonchev–Trinajstić information content (AvgIpc) is 3.52. The Balaban J connectivity index is 0.000000320. The Labute approximate surface area is 287 Å². The molecule has 0 atom stereocenters. The van der Waals surface area contributed by atoms with Crippen molar-refractivity contribution in [1.29, 1.82) is 0 Å². The number of benzene rings is 2. The van der Waals surface area contributed by atoms with E-state index < -0.39 is 60.4 Å².